The van der Waals surface area contributed by atoms with Crippen molar-refractivity contribution in [1.29, 1.82) is 0 Å². The smallest absolute Gasteiger partial charge is 0.259 e. The van der Waals surface area contributed by atoms with Gasteiger partial charge in [0.1, 0.15) is 0 Å². The number of amides is 1. The number of halogens is 2. The van der Waals surface area contributed by atoms with Crippen molar-refractivity contribution >= 4 is 46.8 Å². The van der Waals surface area contributed by atoms with E-state index < -0.39 is 5.91 Å². The second-order valence-corrected chi connectivity index (χ2v) is 5.55. The molecule has 0 aliphatic heterocycles. The lowest BCUT2D eigenvalue weighted by atomic mass is 10.2. The summed E-state index contributed by atoms with van der Waals surface area (Å²) < 4.78 is 0. The van der Waals surface area contributed by atoms with Crippen LogP contribution in [0.2, 0.25) is 10.0 Å². The van der Waals surface area contributed by atoms with E-state index in [1.165, 1.54) is 17.8 Å². The first-order valence-electron chi connectivity index (χ1n) is 5.41. The van der Waals surface area contributed by atoms with Gasteiger partial charge in [-0.05, 0) is 24.0 Å². The summed E-state index contributed by atoms with van der Waals surface area (Å²) in [4.78, 5) is 16.1. The number of carbonyl (C=O) groups is 1. The molecule has 0 spiro atoms. The molecule has 0 unspecified atom stereocenters. The number of aromatic nitrogens is 3. The SMILES string of the molecule is CCSc1n[nH]c(NC(=O)c2cc(Cl)ccc2Cl)n1. The summed E-state index contributed by atoms with van der Waals surface area (Å²) in [6.45, 7) is 1.99. The van der Waals surface area contributed by atoms with Crippen LogP contribution in [0.5, 0.6) is 0 Å². The molecule has 1 aromatic heterocycles. The van der Waals surface area contributed by atoms with Crippen LogP contribution >= 0.6 is 35.0 Å². The summed E-state index contributed by atoms with van der Waals surface area (Å²) in [6.07, 6.45) is 0. The average molecular weight is 317 g/mol. The molecule has 100 valence electrons. The Kier molecular flexibility index (Phi) is 4.68. The van der Waals surface area contributed by atoms with Crippen LogP contribution in [-0.4, -0.2) is 26.8 Å². The lowest BCUT2D eigenvalue weighted by Crippen LogP contribution is -2.13. The first-order valence-corrected chi connectivity index (χ1v) is 7.16. The Morgan fingerprint density at radius 1 is 1.47 bits per heavy atom. The van der Waals surface area contributed by atoms with Crippen LogP contribution in [0.25, 0.3) is 0 Å². The normalized spacial score (nSPS) is 10.5. The van der Waals surface area contributed by atoms with Gasteiger partial charge in [-0.15, -0.1) is 5.10 Å². The van der Waals surface area contributed by atoms with Crippen LogP contribution in [0, 0.1) is 0 Å². The molecule has 1 aromatic carbocycles. The average Bonchev–Trinajstić information content (AvgIpc) is 2.80. The van der Waals surface area contributed by atoms with Gasteiger partial charge >= 0.3 is 0 Å². The van der Waals surface area contributed by atoms with Crippen LogP contribution in [0.4, 0.5) is 5.95 Å². The molecule has 0 fully saturated rings. The molecule has 1 heterocycles. The van der Waals surface area contributed by atoms with E-state index in [9.17, 15) is 4.79 Å². The highest BCUT2D eigenvalue weighted by Crippen LogP contribution is 2.21. The fraction of sp³-hybridized carbons (Fsp3) is 0.182. The second-order valence-electron chi connectivity index (χ2n) is 3.48. The molecule has 0 radical (unpaired) electrons. The van der Waals surface area contributed by atoms with Crippen molar-refractivity contribution in [3.05, 3.63) is 33.8 Å². The topological polar surface area (TPSA) is 70.7 Å². The van der Waals surface area contributed by atoms with Gasteiger partial charge in [-0.2, -0.15) is 4.98 Å². The molecule has 0 aliphatic rings. The summed E-state index contributed by atoms with van der Waals surface area (Å²) in [5.41, 5.74) is 0.287. The number of thioether (sulfide) groups is 1. The molecular weight excluding hydrogens is 307 g/mol. The quantitative estimate of drug-likeness (QED) is 0.847. The molecule has 0 saturated heterocycles. The van der Waals surface area contributed by atoms with Gasteiger partial charge in [0.05, 0.1) is 10.6 Å². The van der Waals surface area contributed by atoms with E-state index in [0.717, 1.165) is 5.75 Å². The van der Waals surface area contributed by atoms with Crippen molar-refractivity contribution in [2.24, 2.45) is 0 Å². The van der Waals surface area contributed by atoms with Crippen molar-refractivity contribution in [3.63, 3.8) is 0 Å². The van der Waals surface area contributed by atoms with Crippen LogP contribution in [0.15, 0.2) is 23.4 Å². The number of rotatable bonds is 4. The number of hydrogen-bond donors (Lipinski definition) is 2. The number of anilines is 1. The Hall–Kier alpha value is -1.24. The Morgan fingerprint density at radius 2 is 2.26 bits per heavy atom. The predicted molar refractivity (Wildman–Crippen MR) is 77.2 cm³/mol. The fourth-order valence-corrected chi connectivity index (χ4v) is 2.24. The summed E-state index contributed by atoms with van der Waals surface area (Å²) in [6, 6.07) is 4.68. The third-order valence-corrected chi connectivity index (χ3v) is 3.44. The zero-order valence-corrected chi connectivity index (χ0v) is 12.2. The van der Waals surface area contributed by atoms with E-state index in [1.807, 2.05) is 6.92 Å². The number of aromatic amines is 1. The van der Waals surface area contributed by atoms with Gasteiger partial charge in [0.2, 0.25) is 11.1 Å². The van der Waals surface area contributed by atoms with E-state index >= 15 is 0 Å². The first kappa shape index (κ1) is 14.2. The van der Waals surface area contributed by atoms with Crippen LogP contribution in [-0.2, 0) is 0 Å². The van der Waals surface area contributed by atoms with Crippen molar-refractivity contribution in [2.75, 3.05) is 11.1 Å². The minimum absolute atomic E-state index is 0.275. The largest absolute Gasteiger partial charge is 0.291 e. The summed E-state index contributed by atoms with van der Waals surface area (Å²) in [7, 11) is 0. The molecule has 2 N–H and O–H groups in total. The molecule has 1 amide bonds. The number of hydrogen-bond acceptors (Lipinski definition) is 4. The molecule has 0 saturated carbocycles. The van der Waals surface area contributed by atoms with E-state index in [4.69, 9.17) is 23.2 Å². The second kappa shape index (κ2) is 6.27. The van der Waals surface area contributed by atoms with Crippen molar-refractivity contribution < 1.29 is 4.79 Å². The van der Waals surface area contributed by atoms with Crippen molar-refractivity contribution in [1.82, 2.24) is 15.2 Å². The summed E-state index contributed by atoms with van der Waals surface area (Å²) in [5, 5.41) is 10.5. The fourth-order valence-electron chi connectivity index (χ4n) is 1.34. The van der Waals surface area contributed by atoms with Crippen molar-refractivity contribution in [2.45, 2.75) is 12.1 Å². The Balaban J connectivity index is 2.13. The summed E-state index contributed by atoms with van der Waals surface area (Å²) in [5.74, 6) is 0.736. The molecule has 19 heavy (non-hydrogen) atoms. The maximum Gasteiger partial charge on any atom is 0.259 e. The highest BCUT2D eigenvalue weighted by Gasteiger charge is 2.13. The zero-order valence-electron chi connectivity index (χ0n) is 9.91. The van der Waals surface area contributed by atoms with Gasteiger partial charge in [0, 0.05) is 5.02 Å². The van der Waals surface area contributed by atoms with E-state index in [2.05, 4.69) is 20.5 Å². The Morgan fingerprint density at radius 3 is 3.00 bits per heavy atom. The monoisotopic (exact) mass is 316 g/mol. The molecule has 8 heteroatoms. The van der Waals surface area contributed by atoms with Gasteiger partial charge in [-0.1, -0.05) is 41.9 Å². The minimum Gasteiger partial charge on any atom is -0.291 e. The van der Waals surface area contributed by atoms with Gasteiger partial charge < -0.3 is 0 Å². The summed E-state index contributed by atoms with van der Waals surface area (Å²) >= 11 is 13.2. The Labute approximate surface area is 124 Å². The van der Waals surface area contributed by atoms with E-state index in [0.29, 0.717) is 15.2 Å². The molecule has 5 nitrogen and oxygen atoms in total. The van der Waals surface area contributed by atoms with Gasteiger partial charge in [0.25, 0.3) is 5.91 Å². The zero-order chi connectivity index (χ0) is 13.8. The lowest BCUT2D eigenvalue weighted by molar-refractivity contribution is 0.102. The number of H-pyrrole nitrogens is 1. The maximum atomic E-state index is 12.0. The molecule has 2 rings (SSSR count). The highest BCUT2D eigenvalue weighted by molar-refractivity contribution is 7.99. The van der Waals surface area contributed by atoms with E-state index in [1.54, 1.807) is 12.1 Å². The van der Waals surface area contributed by atoms with Crippen LogP contribution < -0.4 is 5.32 Å². The maximum absolute atomic E-state index is 12.0. The minimum atomic E-state index is -0.392. The molecule has 0 bridgehead atoms. The third-order valence-electron chi connectivity index (χ3n) is 2.14. The van der Waals surface area contributed by atoms with Gasteiger partial charge in [-0.3, -0.25) is 10.1 Å². The molecule has 2 aromatic rings. The number of nitrogens with zero attached hydrogens (tertiary/aromatic N) is 2. The lowest BCUT2D eigenvalue weighted by Gasteiger charge is -2.04. The molecular formula is C11H10Cl2N4OS. The van der Waals surface area contributed by atoms with Gasteiger partial charge in [-0.25, -0.2) is 5.10 Å². The van der Waals surface area contributed by atoms with Gasteiger partial charge in [0.15, 0.2) is 0 Å². The predicted octanol–water partition coefficient (Wildman–Crippen LogP) is 3.48. The highest BCUT2D eigenvalue weighted by atomic mass is 35.5. The number of nitrogens with one attached hydrogen (secondary N) is 2. The van der Waals surface area contributed by atoms with Crippen LogP contribution in [0.1, 0.15) is 17.3 Å². The first-order chi connectivity index (χ1) is 9.10. The number of benzene rings is 1. The molecule has 0 aliphatic carbocycles. The van der Waals surface area contributed by atoms with Crippen LogP contribution in [0.3, 0.4) is 0 Å². The molecule has 0 atom stereocenters. The Bertz CT molecular complexity index is 602. The number of carbonyl (C=O) groups excluding carboxylic acids is 1. The third kappa shape index (κ3) is 3.62. The van der Waals surface area contributed by atoms with E-state index in [-0.39, 0.29) is 11.5 Å². The standard InChI is InChI=1S/C11H10Cl2N4OS/c1-2-19-11-15-10(16-17-11)14-9(18)7-5-6(12)3-4-8(7)13/h3-5H,2H2,1H3,(H2,14,15,16,17,18). The van der Waals surface area contributed by atoms with Crippen molar-refractivity contribution in [3.8, 4) is 0 Å².